The highest BCUT2D eigenvalue weighted by atomic mass is 16.3. The van der Waals surface area contributed by atoms with Crippen molar-refractivity contribution in [2.24, 2.45) is 0 Å². The summed E-state index contributed by atoms with van der Waals surface area (Å²) in [5.74, 6) is 0. The number of nitrogens with zero attached hydrogens (tertiary/aromatic N) is 1. The molecule has 0 aliphatic rings. The van der Waals surface area contributed by atoms with Crippen molar-refractivity contribution in [3.63, 3.8) is 0 Å². The average Bonchev–Trinajstić information content (AvgIpc) is 2.54. The van der Waals surface area contributed by atoms with Crippen LogP contribution in [0.15, 0.2) is 48.5 Å². The summed E-state index contributed by atoms with van der Waals surface area (Å²) in [6.45, 7) is 2.15. The number of benzene rings is 2. The quantitative estimate of drug-likeness (QED) is 0.795. The number of hydrogen-bond donors (Lipinski definition) is 3. The van der Waals surface area contributed by atoms with Crippen LogP contribution in [0.4, 0.5) is 16.2 Å². The van der Waals surface area contributed by atoms with Crippen molar-refractivity contribution in [2.75, 3.05) is 30.9 Å². The molecule has 2 amide bonds. The van der Waals surface area contributed by atoms with E-state index in [0.29, 0.717) is 5.69 Å². The Labute approximate surface area is 136 Å². The van der Waals surface area contributed by atoms with Gasteiger partial charge in [0.1, 0.15) is 0 Å². The van der Waals surface area contributed by atoms with Crippen LogP contribution in [0.25, 0.3) is 0 Å². The zero-order valence-electron chi connectivity index (χ0n) is 13.7. The van der Waals surface area contributed by atoms with Crippen LogP contribution in [0.1, 0.15) is 17.2 Å². The zero-order valence-corrected chi connectivity index (χ0v) is 13.7. The van der Waals surface area contributed by atoms with Gasteiger partial charge in [0.2, 0.25) is 0 Å². The normalized spacial score (nSPS) is 11.7. The van der Waals surface area contributed by atoms with Gasteiger partial charge in [0.05, 0.1) is 6.10 Å². The Bertz CT molecular complexity index is 636. The molecule has 2 rings (SSSR count). The van der Waals surface area contributed by atoms with Gasteiger partial charge in [-0.3, -0.25) is 0 Å². The molecule has 0 saturated carbocycles. The van der Waals surface area contributed by atoms with Crippen LogP contribution in [0.2, 0.25) is 0 Å². The molecule has 0 spiro atoms. The summed E-state index contributed by atoms with van der Waals surface area (Å²) in [5.41, 5.74) is 3.68. The molecule has 1 atom stereocenters. The van der Waals surface area contributed by atoms with Crippen molar-refractivity contribution >= 4 is 17.4 Å². The first-order valence-corrected chi connectivity index (χ1v) is 7.52. The molecule has 122 valence electrons. The Morgan fingerprint density at radius 2 is 1.70 bits per heavy atom. The summed E-state index contributed by atoms with van der Waals surface area (Å²) < 4.78 is 0. The minimum atomic E-state index is -0.725. The van der Waals surface area contributed by atoms with Crippen LogP contribution in [0.5, 0.6) is 0 Å². The highest BCUT2D eigenvalue weighted by Crippen LogP contribution is 2.16. The van der Waals surface area contributed by atoms with Gasteiger partial charge in [-0.25, -0.2) is 4.79 Å². The van der Waals surface area contributed by atoms with Crippen LogP contribution in [-0.2, 0) is 0 Å². The van der Waals surface area contributed by atoms with Crippen molar-refractivity contribution in [3.8, 4) is 0 Å². The average molecular weight is 313 g/mol. The van der Waals surface area contributed by atoms with Gasteiger partial charge in [0.15, 0.2) is 0 Å². The van der Waals surface area contributed by atoms with Gasteiger partial charge in [-0.2, -0.15) is 0 Å². The molecule has 0 bridgehead atoms. The lowest BCUT2D eigenvalue weighted by atomic mass is 10.1. The van der Waals surface area contributed by atoms with Crippen LogP contribution < -0.4 is 15.5 Å². The van der Waals surface area contributed by atoms with E-state index >= 15 is 0 Å². The van der Waals surface area contributed by atoms with Crippen molar-refractivity contribution in [3.05, 3.63) is 59.7 Å². The Balaban J connectivity index is 1.83. The van der Waals surface area contributed by atoms with Crippen LogP contribution >= 0.6 is 0 Å². The van der Waals surface area contributed by atoms with Crippen molar-refractivity contribution < 1.29 is 9.90 Å². The molecule has 0 radical (unpaired) electrons. The SMILES string of the molecule is Cc1ccc(C(O)CNC(=O)Nc2ccc(N(C)C)cc2)cc1. The van der Waals surface area contributed by atoms with E-state index in [1.165, 1.54) is 0 Å². The first kappa shape index (κ1) is 16.8. The van der Waals surface area contributed by atoms with E-state index in [-0.39, 0.29) is 12.6 Å². The van der Waals surface area contributed by atoms with E-state index in [9.17, 15) is 9.90 Å². The monoisotopic (exact) mass is 313 g/mol. The number of rotatable bonds is 5. The molecule has 0 aliphatic carbocycles. The fourth-order valence-corrected chi connectivity index (χ4v) is 2.11. The summed E-state index contributed by atoms with van der Waals surface area (Å²) >= 11 is 0. The highest BCUT2D eigenvalue weighted by Gasteiger charge is 2.09. The lowest BCUT2D eigenvalue weighted by molar-refractivity contribution is 0.175. The third-order valence-corrected chi connectivity index (χ3v) is 3.56. The minimum absolute atomic E-state index is 0.157. The number of amides is 2. The fraction of sp³-hybridized carbons (Fsp3) is 0.278. The standard InChI is InChI=1S/C18H23N3O2/c1-13-4-6-14(7-5-13)17(22)12-19-18(23)20-15-8-10-16(11-9-15)21(2)3/h4-11,17,22H,12H2,1-3H3,(H2,19,20,23). The Hall–Kier alpha value is -2.53. The third-order valence-electron chi connectivity index (χ3n) is 3.56. The van der Waals surface area contributed by atoms with Gasteiger partial charge in [0.25, 0.3) is 0 Å². The third kappa shape index (κ3) is 5.00. The maximum Gasteiger partial charge on any atom is 0.319 e. The summed E-state index contributed by atoms with van der Waals surface area (Å²) in [6.07, 6.45) is -0.725. The zero-order chi connectivity index (χ0) is 16.8. The van der Waals surface area contributed by atoms with E-state index in [4.69, 9.17) is 0 Å². The maximum atomic E-state index is 11.9. The van der Waals surface area contributed by atoms with Gasteiger partial charge < -0.3 is 20.6 Å². The van der Waals surface area contributed by atoms with E-state index in [1.54, 1.807) is 0 Å². The van der Waals surface area contributed by atoms with Crippen molar-refractivity contribution in [2.45, 2.75) is 13.0 Å². The Morgan fingerprint density at radius 3 is 2.26 bits per heavy atom. The van der Waals surface area contributed by atoms with Crippen molar-refractivity contribution in [1.29, 1.82) is 0 Å². The van der Waals surface area contributed by atoms with E-state index in [2.05, 4.69) is 10.6 Å². The topological polar surface area (TPSA) is 64.6 Å². The van der Waals surface area contributed by atoms with Gasteiger partial charge in [-0.15, -0.1) is 0 Å². The number of aliphatic hydroxyl groups is 1. The molecule has 2 aromatic carbocycles. The van der Waals surface area contributed by atoms with Crippen LogP contribution in [-0.4, -0.2) is 31.8 Å². The molecule has 5 heteroatoms. The lowest BCUT2D eigenvalue weighted by Gasteiger charge is -2.15. The summed E-state index contributed by atoms with van der Waals surface area (Å²) in [5, 5.41) is 15.5. The molecule has 0 aliphatic heterocycles. The smallest absolute Gasteiger partial charge is 0.319 e. The number of anilines is 2. The first-order chi connectivity index (χ1) is 11.0. The van der Waals surface area contributed by atoms with Gasteiger partial charge in [-0.05, 0) is 36.8 Å². The number of nitrogens with one attached hydrogen (secondary N) is 2. The summed E-state index contributed by atoms with van der Waals surface area (Å²) in [6, 6.07) is 14.8. The predicted octanol–water partition coefficient (Wildman–Crippen LogP) is 2.92. The van der Waals surface area contributed by atoms with E-state index in [1.807, 2.05) is 74.4 Å². The summed E-state index contributed by atoms with van der Waals surface area (Å²) in [4.78, 5) is 13.9. The number of aliphatic hydroxyl groups excluding tert-OH is 1. The van der Waals surface area contributed by atoms with Gasteiger partial charge in [-0.1, -0.05) is 29.8 Å². The van der Waals surface area contributed by atoms with E-state index in [0.717, 1.165) is 16.8 Å². The highest BCUT2D eigenvalue weighted by molar-refractivity contribution is 5.89. The second-order valence-electron chi connectivity index (χ2n) is 5.70. The van der Waals surface area contributed by atoms with Gasteiger partial charge >= 0.3 is 6.03 Å². The van der Waals surface area contributed by atoms with Gasteiger partial charge in [0, 0.05) is 32.0 Å². The summed E-state index contributed by atoms with van der Waals surface area (Å²) in [7, 11) is 3.92. The molecule has 0 heterocycles. The Morgan fingerprint density at radius 1 is 1.09 bits per heavy atom. The second-order valence-corrected chi connectivity index (χ2v) is 5.70. The molecule has 0 saturated heterocycles. The molecule has 1 unspecified atom stereocenters. The lowest BCUT2D eigenvalue weighted by Crippen LogP contribution is -2.32. The molecule has 5 nitrogen and oxygen atoms in total. The fourth-order valence-electron chi connectivity index (χ4n) is 2.11. The maximum absolute atomic E-state index is 11.9. The molecular formula is C18H23N3O2. The first-order valence-electron chi connectivity index (χ1n) is 7.52. The predicted molar refractivity (Wildman–Crippen MR) is 93.9 cm³/mol. The van der Waals surface area contributed by atoms with Crippen molar-refractivity contribution in [1.82, 2.24) is 5.32 Å². The van der Waals surface area contributed by atoms with Crippen LogP contribution in [0, 0.1) is 6.92 Å². The molecule has 23 heavy (non-hydrogen) atoms. The van der Waals surface area contributed by atoms with Crippen LogP contribution in [0.3, 0.4) is 0 Å². The molecule has 0 fully saturated rings. The second kappa shape index (κ2) is 7.65. The molecular weight excluding hydrogens is 290 g/mol. The Kier molecular flexibility index (Phi) is 5.60. The number of carbonyl (C=O) groups excluding carboxylic acids is 1. The number of carbonyl (C=O) groups is 1. The number of aryl methyl sites for hydroxylation is 1. The minimum Gasteiger partial charge on any atom is -0.387 e. The molecule has 2 aromatic rings. The largest absolute Gasteiger partial charge is 0.387 e. The number of hydrogen-bond acceptors (Lipinski definition) is 3. The molecule has 3 N–H and O–H groups in total. The van der Waals surface area contributed by atoms with E-state index < -0.39 is 6.10 Å². The number of urea groups is 1. The molecule has 0 aromatic heterocycles.